The van der Waals surface area contributed by atoms with Crippen molar-refractivity contribution in [3.63, 3.8) is 0 Å². The van der Waals surface area contributed by atoms with Crippen LogP contribution in [0.15, 0.2) is 0 Å². The number of carbonyl (C=O) groups is 1. The van der Waals surface area contributed by atoms with Crippen LogP contribution in [0.1, 0.15) is 60.8 Å². The number of amides is 1. The molecule has 0 fully saturated rings. The number of hydrogen-bond acceptors (Lipinski definition) is 2. The maximum Gasteiger partial charge on any atom is 0.407 e. The van der Waals surface area contributed by atoms with Crippen LogP contribution in [0, 0.1) is 5.41 Å². The Morgan fingerprint density at radius 3 is 2.19 bits per heavy atom. The standard InChI is InChI=1S/C13H27NO2/c1-7-8-9-13(5,6)10-14-11(15)16-12(2,3)4/h7-10H2,1-6H3,(H,14,15). The summed E-state index contributed by atoms with van der Waals surface area (Å²) in [5, 5.41) is 2.83. The summed E-state index contributed by atoms with van der Waals surface area (Å²) in [6, 6.07) is 0. The molecular weight excluding hydrogens is 202 g/mol. The van der Waals surface area contributed by atoms with Gasteiger partial charge in [-0.05, 0) is 32.6 Å². The Balaban J connectivity index is 3.90. The first kappa shape index (κ1) is 15.3. The molecule has 0 radical (unpaired) electrons. The zero-order valence-electron chi connectivity index (χ0n) is 11.6. The Bertz CT molecular complexity index is 216. The highest BCUT2D eigenvalue weighted by atomic mass is 16.6. The van der Waals surface area contributed by atoms with Crippen molar-refractivity contribution in [2.24, 2.45) is 5.41 Å². The van der Waals surface area contributed by atoms with Crippen LogP contribution in [0.5, 0.6) is 0 Å². The third kappa shape index (κ3) is 8.57. The van der Waals surface area contributed by atoms with Crippen LogP contribution in [0.25, 0.3) is 0 Å². The molecule has 0 aromatic rings. The molecule has 0 saturated carbocycles. The van der Waals surface area contributed by atoms with Crippen molar-refractivity contribution in [2.45, 2.75) is 66.4 Å². The van der Waals surface area contributed by atoms with E-state index in [9.17, 15) is 4.79 Å². The zero-order valence-corrected chi connectivity index (χ0v) is 11.6. The maximum atomic E-state index is 11.4. The molecule has 3 heteroatoms. The predicted octanol–water partition coefficient (Wildman–Crippen LogP) is 3.73. The molecule has 1 amide bonds. The Hall–Kier alpha value is -0.730. The van der Waals surface area contributed by atoms with E-state index >= 15 is 0 Å². The van der Waals surface area contributed by atoms with Gasteiger partial charge in [0.1, 0.15) is 5.60 Å². The summed E-state index contributed by atoms with van der Waals surface area (Å²) < 4.78 is 5.19. The Morgan fingerprint density at radius 1 is 1.19 bits per heavy atom. The summed E-state index contributed by atoms with van der Waals surface area (Å²) in [5.74, 6) is 0. The second-order valence-corrected chi connectivity index (χ2v) is 6.12. The van der Waals surface area contributed by atoms with E-state index in [4.69, 9.17) is 4.74 Å². The van der Waals surface area contributed by atoms with Gasteiger partial charge >= 0.3 is 6.09 Å². The number of rotatable bonds is 5. The monoisotopic (exact) mass is 229 g/mol. The van der Waals surface area contributed by atoms with Gasteiger partial charge in [0, 0.05) is 6.54 Å². The topological polar surface area (TPSA) is 38.3 Å². The van der Waals surface area contributed by atoms with Gasteiger partial charge in [-0.3, -0.25) is 0 Å². The van der Waals surface area contributed by atoms with Gasteiger partial charge in [0.15, 0.2) is 0 Å². The van der Waals surface area contributed by atoms with Gasteiger partial charge in [0.2, 0.25) is 0 Å². The minimum absolute atomic E-state index is 0.146. The quantitative estimate of drug-likeness (QED) is 0.780. The Kier molecular flexibility index (Phi) is 5.84. The van der Waals surface area contributed by atoms with E-state index in [1.807, 2.05) is 20.8 Å². The molecule has 0 heterocycles. The molecular formula is C13H27NO2. The molecule has 0 aliphatic carbocycles. The third-order valence-corrected chi connectivity index (χ3v) is 2.32. The average Bonchev–Trinajstić information content (AvgIpc) is 2.09. The van der Waals surface area contributed by atoms with Crippen molar-refractivity contribution < 1.29 is 9.53 Å². The highest BCUT2D eigenvalue weighted by Gasteiger charge is 2.21. The molecule has 0 bridgehead atoms. The van der Waals surface area contributed by atoms with Gasteiger partial charge in [-0.15, -0.1) is 0 Å². The van der Waals surface area contributed by atoms with Crippen molar-refractivity contribution in [3.05, 3.63) is 0 Å². The van der Waals surface area contributed by atoms with Gasteiger partial charge in [-0.1, -0.05) is 33.6 Å². The summed E-state index contributed by atoms with van der Waals surface area (Å²) in [7, 11) is 0. The van der Waals surface area contributed by atoms with Crippen molar-refractivity contribution >= 4 is 6.09 Å². The van der Waals surface area contributed by atoms with E-state index in [0.29, 0.717) is 6.54 Å². The maximum absolute atomic E-state index is 11.4. The Labute approximate surface area is 99.9 Å². The number of nitrogens with one attached hydrogen (secondary N) is 1. The van der Waals surface area contributed by atoms with Gasteiger partial charge in [-0.25, -0.2) is 4.79 Å². The van der Waals surface area contributed by atoms with Crippen LogP contribution in [0.4, 0.5) is 4.79 Å². The SMILES string of the molecule is CCCCC(C)(C)CNC(=O)OC(C)(C)C. The Morgan fingerprint density at radius 2 is 1.75 bits per heavy atom. The molecule has 0 aromatic carbocycles. The van der Waals surface area contributed by atoms with Crippen molar-refractivity contribution in [3.8, 4) is 0 Å². The molecule has 0 unspecified atom stereocenters. The number of alkyl carbamates (subject to hydrolysis) is 1. The van der Waals surface area contributed by atoms with E-state index in [0.717, 1.165) is 6.42 Å². The highest BCUT2D eigenvalue weighted by Crippen LogP contribution is 2.22. The molecule has 0 rings (SSSR count). The molecule has 96 valence electrons. The molecule has 0 aromatic heterocycles. The predicted molar refractivity (Wildman–Crippen MR) is 67.5 cm³/mol. The van der Waals surface area contributed by atoms with Crippen LogP contribution >= 0.6 is 0 Å². The molecule has 1 N–H and O–H groups in total. The van der Waals surface area contributed by atoms with Crippen LogP contribution in [0.3, 0.4) is 0 Å². The number of hydrogen-bond donors (Lipinski definition) is 1. The van der Waals surface area contributed by atoms with Crippen molar-refractivity contribution in [2.75, 3.05) is 6.54 Å². The van der Waals surface area contributed by atoms with Crippen LogP contribution in [0.2, 0.25) is 0 Å². The van der Waals surface area contributed by atoms with Gasteiger partial charge < -0.3 is 10.1 Å². The summed E-state index contributed by atoms with van der Waals surface area (Å²) in [5.41, 5.74) is -0.273. The first-order valence-corrected chi connectivity index (χ1v) is 6.13. The number of carbonyl (C=O) groups excluding carboxylic acids is 1. The lowest BCUT2D eigenvalue weighted by atomic mass is 9.87. The minimum atomic E-state index is -0.419. The fraction of sp³-hybridized carbons (Fsp3) is 0.923. The fourth-order valence-corrected chi connectivity index (χ4v) is 1.37. The molecule has 0 aliphatic rings. The van der Waals surface area contributed by atoms with E-state index in [2.05, 4.69) is 26.1 Å². The lowest BCUT2D eigenvalue weighted by Gasteiger charge is -2.26. The van der Waals surface area contributed by atoms with Crippen LogP contribution in [-0.2, 0) is 4.74 Å². The first-order chi connectivity index (χ1) is 7.16. The summed E-state index contributed by atoms with van der Waals surface area (Å²) >= 11 is 0. The second-order valence-electron chi connectivity index (χ2n) is 6.12. The molecule has 0 spiro atoms. The van der Waals surface area contributed by atoms with Gasteiger partial charge in [0.25, 0.3) is 0 Å². The lowest BCUT2D eigenvalue weighted by molar-refractivity contribution is 0.0504. The fourth-order valence-electron chi connectivity index (χ4n) is 1.37. The van der Waals surface area contributed by atoms with E-state index in [1.54, 1.807) is 0 Å². The largest absolute Gasteiger partial charge is 0.444 e. The highest BCUT2D eigenvalue weighted by molar-refractivity contribution is 5.67. The van der Waals surface area contributed by atoms with Crippen molar-refractivity contribution in [1.29, 1.82) is 0 Å². The molecule has 16 heavy (non-hydrogen) atoms. The molecule has 0 saturated heterocycles. The summed E-state index contributed by atoms with van der Waals surface area (Å²) in [4.78, 5) is 11.4. The second kappa shape index (κ2) is 6.12. The van der Waals surface area contributed by atoms with E-state index in [1.165, 1.54) is 12.8 Å². The zero-order chi connectivity index (χ0) is 12.8. The minimum Gasteiger partial charge on any atom is -0.444 e. The normalized spacial score (nSPS) is 12.4. The number of ether oxygens (including phenoxy) is 1. The molecule has 0 atom stereocenters. The molecule has 3 nitrogen and oxygen atoms in total. The summed E-state index contributed by atoms with van der Waals surface area (Å²) in [6.45, 7) is 12.8. The lowest BCUT2D eigenvalue weighted by Crippen LogP contribution is -2.38. The van der Waals surface area contributed by atoms with Gasteiger partial charge in [-0.2, -0.15) is 0 Å². The average molecular weight is 229 g/mol. The third-order valence-electron chi connectivity index (χ3n) is 2.32. The molecule has 0 aliphatic heterocycles. The van der Waals surface area contributed by atoms with E-state index < -0.39 is 5.60 Å². The van der Waals surface area contributed by atoms with Gasteiger partial charge in [0.05, 0.1) is 0 Å². The van der Waals surface area contributed by atoms with Crippen LogP contribution in [-0.4, -0.2) is 18.2 Å². The smallest absolute Gasteiger partial charge is 0.407 e. The summed E-state index contributed by atoms with van der Waals surface area (Å²) in [6.07, 6.45) is 3.19. The van der Waals surface area contributed by atoms with E-state index in [-0.39, 0.29) is 11.5 Å². The first-order valence-electron chi connectivity index (χ1n) is 6.13. The van der Waals surface area contributed by atoms with Crippen molar-refractivity contribution in [1.82, 2.24) is 5.32 Å². The van der Waals surface area contributed by atoms with Crippen LogP contribution < -0.4 is 5.32 Å². The number of unbranched alkanes of at least 4 members (excludes halogenated alkanes) is 1.